The number of carbonyl (C=O) groups is 1. The second kappa shape index (κ2) is 5.32. The van der Waals surface area contributed by atoms with Crippen LogP contribution in [0.3, 0.4) is 0 Å². The number of nitrogens with one attached hydrogen (secondary N) is 1. The van der Waals surface area contributed by atoms with E-state index < -0.39 is 16.0 Å². The SMILES string of the molecule is CCc1ccc(S(=O)(=O)Nc2ccc(C(=O)O)s2)s1. The molecule has 19 heavy (non-hydrogen) atoms. The smallest absolute Gasteiger partial charge is 0.345 e. The van der Waals surface area contributed by atoms with Gasteiger partial charge >= 0.3 is 5.97 Å². The molecule has 5 nitrogen and oxygen atoms in total. The second-order valence-corrected chi connectivity index (χ2v) is 7.81. The van der Waals surface area contributed by atoms with Crippen LogP contribution in [-0.2, 0) is 16.4 Å². The van der Waals surface area contributed by atoms with Crippen molar-refractivity contribution in [3.63, 3.8) is 0 Å². The van der Waals surface area contributed by atoms with Crippen LogP contribution in [0.5, 0.6) is 0 Å². The summed E-state index contributed by atoms with van der Waals surface area (Å²) in [5, 5.41) is 9.08. The Kier molecular flexibility index (Phi) is 3.93. The van der Waals surface area contributed by atoms with Crippen molar-refractivity contribution in [3.05, 3.63) is 34.0 Å². The van der Waals surface area contributed by atoms with Gasteiger partial charge in [-0.2, -0.15) is 0 Å². The van der Waals surface area contributed by atoms with E-state index in [0.29, 0.717) is 5.00 Å². The number of rotatable bonds is 5. The van der Waals surface area contributed by atoms with Crippen molar-refractivity contribution in [2.45, 2.75) is 17.6 Å². The van der Waals surface area contributed by atoms with Crippen LogP contribution in [0, 0.1) is 0 Å². The predicted molar refractivity (Wildman–Crippen MR) is 75.8 cm³/mol. The minimum Gasteiger partial charge on any atom is -0.477 e. The Bertz CT molecular complexity index is 699. The predicted octanol–water partition coefficient (Wildman–Crippen LogP) is 2.87. The van der Waals surface area contributed by atoms with Crippen molar-refractivity contribution >= 4 is 43.7 Å². The van der Waals surface area contributed by atoms with Gasteiger partial charge in [-0.3, -0.25) is 4.72 Å². The largest absolute Gasteiger partial charge is 0.477 e. The van der Waals surface area contributed by atoms with E-state index in [4.69, 9.17) is 5.11 Å². The molecular weight excluding hydrogens is 306 g/mol. The molecule has 0 aromatic carbocycles. The average Bonchev–Trinajstić information content (AvgIpc) is 2.96. The Labute approximate surface area is 118 Å². The lowest BCUT2D eigenvalue weighted by atomic mass is 10.4. The van der Waals surface area contributed by atoms with Crippen LogP contribution in [0.1, 0.15) is 21.5 Å². The van der Waals surface area contributed by atoms with Crippen molar-refractivity contribution in [2.75, 3.05) is 4.72 Å². The Morgan fingerprint density at radius 2 is 2.00 bits per heavy atom. The maximum Gasteiger partial charge on any atom is 0.345 e. The number of aryl methyl sites for hydroxylation is 1. The Hall–Kier alpha value is -1.38. The molecule has 2 heterocycles. The highest BCUT2D eigenvalue weighted by atomic mass is 32.2. The molecule has 2 aromatic rings. The van der Waals surface area contributed by atoms with E-state index in [-0.39, 0.29) is 9.09 Å². The number of thiophene rings is 2. The summed E-state index contributed by atoms with van der Waals surface area (Å²) in [5.41, 5.74) is 0. The molecule has 0 aliphatic carbocycles. The molecule has 0 spiro atoms. The van der Waals surface area contributed by atoms with Gasteiger partial charge < -0.3 is 5.11 Å². The van der Waals surface area contributed by atoms with E-state index in [2.05, 4.69) is 4.72 Å². The van der Waals surface area contributed by atoms with Gasteiger partial charge in [0.25, 0.3) is 10.0 Å². The molecule has 0 saturated heterocycles. The van der Waals surface area contributed by atoms with E-state index in [9.17, 15) is 13.2 Å². The first-order chi connectivity index (χ1) is 8.92. The van der Waals surface area contributed by atoms with Gasteiger partial charge in [0.05, 0.1) is 0 Å². The van der Waals surface area contributed by atoms with E-state index in [0.717, 1.165) is 22.6 Å². The quantitative estimate of drug-likeness (QED) is 0.888. The maximum absolute atomic E-state index is 12.1. The number of aromatic carboxylic acids is 1. The third kappa shape index (κ3) is 3.14. The third-order valence-electron chi connectivity index (χ3n) is 2.30. The number of anilines is 1. The number of sulfonamides is 1. The van der Waals surface area contributed by atoms with Crippen LogP contribution in [0.15, 0.2) is 28.5 Å². The number of carboxylic acid groups (broad SMARTS) is 1. The van der Waals surface area contributed by atoms with E-state index >= 15 is 0 Å². The summed E-state index contributed by atoms with van der Waals surface area (Å²) in [6, 6.07) is 6.14. The van der Waals surface area contributed by atoms with Gasteiger partial charge in [0.1, 0.15) is 14.1 Å². The summed E-state index contributed by atoms with van der Waals surface area (Å²) in [6.07, 6.45) is 0.780. The summed E-state index contributed by atoms with van der Waals surface area (Å²) < 4.78 is 26.8. The molecule has 0 atom stereocenters. The van der Waals surface area contributed by atoms with Gasteiger partial charge in [0.15, 0.2) is 0 Å². The van der Waals surface area contributed by atoms with Gasteiger partial charge in [-0.15, -0.1) is 22.7 Å². The summed E-state index contributed by atoms with van der Waals surface area (Å²) in [7, 11) is -3.63. The molecule has 0 unspecified atom stereocenters. The highest BCUT2D eigenvalue weighted by molar-refractivity contribution is 7.94. The maximum atomic E-state index is 12.1. The molecule has 2 aromatic heterocycles. The normalized spacial score (nSPS) is 11.4. The van der Waals surface area contributed by atoms with Gasteiger partial charge in [-0.1, -0.05) is 6.92 Å². The van der Waals surface area contributed by atoms with Gasteiger partial charge in [0.2, 0.25) is 0 Å². The lowest BCUT2D eigenvalue weighted by Gasteiger charge is -2.02. The minimum atomic E-state index is -3.63. The minimum absolute atomic E-state index is 0.0955. The Morgan fingerprint density at radius 3 is 2.53 bits per heavy atom. The molecular formula is C11H11NO4S3. The van der Waals surface area contributed by atoms with Crippen LogP contribution in [0.25, 0.3) is 0 Å². The van der Waals surface area contributed by atoms with Crippen molar-refractivity contribution in [3.8, 4) is 0 Å². The fourth-order valence-corrected chi connectivity index (χ4v) is 4.72. The van der Waals surface area contributed by atoms with Crippen LogP contribution in [0.4, 0.5) is 5.00 Å². The first kappa shape index (κ1) is 14.0. The topological polar surface area (TPSA) is 83.5 Å². The van der Waals surface area contributed by atoms with Gasteiger partial charge in [0, 0.05) is 4.88 Å². The average molecular weight is 317 g/mol. The molecule has 0 bridgehead atoms. The molecule has 0 radical (unpaired) electrons. The summed E-state index contributed by atoms with van der Waals surface area (Å²) >= 11 is 2.10. The van der Waals surface area contributed by atoms with Gasteiger partial charge in [-0.25, -0.2) is 13.2 Å². The van der Waals surface area contributed by atoms with Crippen LogP contribution >= 0.6 is 22.7 Å². The van der Waals surface area contributed by atoms with Crippen molar-refractivity contribution in [1.82, 2.24) is 0 Å². The number of hydrogen-bond donors (Lipinski definition) is 2. The highest BCUT2D eigenvalue weighted by Crippen LogP contribution is 2.28. The second-order valence-electron chi connectivity index (χ2n) is 3.65. The Balaban J connectivity index is 2.23. The third-order valence-corrected chi connectivity index (χ3v) is 6.51. The number of carboxylic acids is 1. The molecule has 2 rings (SSSR count). The molecule has 0 aliphatic heterocycles. The molecule has 2 N–H and O–H groups in total. The van der Waals surface area contributed by atoms with Crippen LogP contribution in [-0.4, -0.2) is 19.5 Å². The monoisotopic (exact) mass is 317 g/mol. The summed E-state index contributed by atoms with van der Waals surface area (Å²) in [5.74, 6) is -1.07. The standard InChI is InChI=1S/C11H11NO4S3/c1-2-7-3-6-10(17-7)19(15,16)12-9-5-4-8(18-9)11(13)14/h3-6,12H,2H2,1H3,(H,13,14). The first-order valence-corrected chi connectivity index (χ1v) is 8.48. The molecule has 0 aliphatic rings. The van der Waals surface area contributed by atoms with E-state index in [1.165, 1.54) is 23.5 Å². The molecule has 102 valence electrons. The van der Waals surface area contributed by atoms with E-state index in [1.807, 2.05) is 6.92 Å². The van der Waals surface area contributed by atoms with Gasteiger partial charge in [-0.05, 0) is 30.7 Å². The zero-order valence-electron chi connectivity index (χ0n) is 9.91. The molecule has 0 fully saturated rings. The summed E-state index contributed by atoms with van der Waals surface area (Å²) in [6.45, 7) is 1.95. The molecule has 8 heteroatoms. The zero-order valence-corrected chi connectivity index (χ0v) is 12.4. The lowest BCUT2D eigenvalue weighted by molar-refractivity contribution is 0.0702. The Morgan fingerprint density at radius 1 is 1.26 bits per heavy atom. The fourth-order valence-electron chi connectivity index (χ4n) is 1.38. The first-order valence-electron chi connectivity index (χ1n) is 5.37. The lowest BCUT2D eigenvalue weighted by Crippen LogP contribution is -2.10. The van der Waals surface area contributed by atoms with Crippen molar-refractivity contribution < 1.29 is 18.3 Å². The van der Waals surface area contributed by atoms with Crippen LogP contribution in [0.2, 0.25) is 0 Å². The number of hydrogen-bond acceptors (Lipinski definition) is 5. The van der Waals surface area contributed by atoms with Crippen LogP contribution < -0.4 is 4.72 Å². The highest BCUT2D eigenvalue weighted by Gasteiger charge is 2.18. The van der Waals surface area contributed by atoms with E-state index in [1.54, 1.807) is 12.1 Å². The molecule has 0 saturated carbocycles. The fraction of sp³-hybridized carbons (Fsp3) is 0.182. The van der Waals surface area contributed by atoms with Crippen molar-refractivity contribution in [2.24, 2.45) is 0 Å². The zero-order chi connectivity index (χ0) is 14.0. The summed E-state index contributed by atoms with van der Waals surface area (Å²) in [4.78, 5) is 11.8. The van der Waals surface area contributed by atoms with Crippen molar-refractivity contribution in [1.29, 1.82) is 0 Å². The molecule has 0 amide bonds.